The Morgan fingerprint density at radius 1 is 0.889 bits per heavy atom. The van der Waals surface area contributed by atoms with E-state index in [1.54, 1.807) is 17.7 Å². The van der Waals surface area contributed by atoms with Gasteiger partial charge in [0.05, 0.1) is 6.61 Å². The lowest BCUT2D eigenvalue weighted by atomic mass is 10.1. The van der Waals surface area contributed by atoms with E-state index in [1.807, 2.05) is 66.7 Å². The number of urea groups is 1. The van der Waals surface area contributed by atoms with Gasteiger partial charge >= 0.3 is 6.03 Å². The van der Waals surface area contributed by atoms with Crippen LogP contribution < -0.4 is 20.7 Å². The van der Waals surface area contributed by atoms with Crippen molar-refractivity contribution < 1.29 is 9.53 Å². The zero-order valence-electron chi connectivity index (χ0n) is 25.4. The van der Waals surface area contributed by atoms with Gasteiger partial charge in [0.25, 0.3) is 0 Å². The Morgan fingerprint density at radius 2 is 1.62 bits per heavy atom. The summed E-state index contributed by atoms with van der Waals surface area (Å²) >= 11 is 1.55. The molecule has 5 aromatic rings. The lowest BCUT2D eigenvalue weighted by Gasteiger charge is -2.32. The number of nitrogens with zero attached hydrogens (tertiary/aromatic N) is 5. The smallest absolute Gasteiger partial charge is 0.323 e. The van der Waals surface area contributed by atoms with Gasteiger partial charge in [-0.2, -0.15) is 0 Å². The first kappa shape index (κ1) is 30.4. The number of hydrogen-bond donors (Lipinski definition) is 3. The summed E-state index contributed by atoms with van der Waals surface area (Å²) < 4.78 is 6.01. The summed E-state index contributed by atoms with van der Waals surface area (Å²) in [7, 11) is 2.18. The van der Waals surface area contributed by atoms with Crippen LogP contribution in [0.25, 0.3) is 20.9 Å². The highest BCUT2D eigenvalue weighted by atomic mass is 32.1. The lowest BCUT2D eigenvalue weighted by Crippen LogP contribution is -2.44. The average molecular weight is 623 g/mol. The van der Waals surface area contributed by atoms with E-state index in [0.29, 0.717) is 13.2 Å². The maximum Gasteiger partial charge on any atom is 0.323 e. The molecule has 232 valence electrons. The van der Waals surface area contributed by atoms with E-state index in [2.05, 4.69) is 54.9 Å². The molecule has 0 spiro atoms. The number of para-hydroxylation sites is 1. The van der Waals surface area contributed by atoms with Gasteiger partial charge in [-0.1, -0.05) is 41.7 Å². The Balaban J connectivity index is 0.975. The molecule has 2 amide bonds. The molecule has 3 heterocycles. The summed E-state index contributed by atoms with van der Waals surface area (Å²) in [5, 5.41) is 10.0. The molecule has 0 unspecified atom stereocenters. The van der Waals surface area contributed by atoms with Gasteiger partial charge in [-0.25, -0.2) is 19.7 Å². The molecule has 3 N–H and O–H groups in total. The molecule has 1 saturated heterocycles. The van der Waals surface area contributed by atoms with Crippen LogP contribution in [0.15, 0.2) is 85.2 Å². The summed E-state index contributed by atoms with van der Waals surface area (Å²) in [6, 6.07) is 25.0. The Hall–Kier alpha value is -4.58. The van der Waals surface area contributed by atoms with E-state index in [0.717, 1.165) is 95.0 Å². The molecule has 6 rings (SSSR count). The summed E-state index contributed by atoms with van der Waals surface area (Å²) in [5.41, 5.74) is 4.41. The second kappa shape index (κ2) is 14.9. The van der Waals surface area contributed by atoms with Crippen molar-refractivity contribution in [1.29, 1.82) is 0 Å². The average Bonchev–Trinajstić information content (AvgIpc) is 3.51. The van der Waals surface area contributed by atoms with E-state index in [4.69, 9.17) is 9.72 Å². The Kier molecular flexibility index (Phi) is 10.1. The minimum absolute atomic E-state index is 0.275. The standard InChI is InChI=1S/C34H38N8O2S/c1-41-19-21-42(22-20-41)18-5-23-44-29-14-10-26(11-15-29)32-40-30-31(36-24-37-33(30)45-32)35-17-16-25-8-12-28(13-9-25)39-34(43)38-27-6-3-2-4-7-27/h2-4,6-15,24H,5,16-23H2,1H3,(H,35,36,37)(H2,38,39,43). The molecule has 1 fully saturated rings. The van der Waals surface area contributed by atoms with Gasteiger partial charge in [-0.05, 0) is 74.0 Å². The summed E-state index contributed by atoms with van der Waals surface area (Å²) in [5.74, 6) is 1.60. The van der Waals surface area contributed by atoms with Crippen molar-refractivity contribution in [2.45, 2.75) is 12.8 Å². The van der Waals surface area contributed by atoms with Crippen molar-refractivity contribution in [3.63, 3.8) is 0 Å². The zero-order valence-corrected chi connectivity index (χ0v) is 26.2. The molecule has 11 heteroatoms. The molecule has 0 bridgehead atoms. The number of piperazine rings is 1. The first-order chi connectivity index (χ1) is 22.1. The number of carbonyl (C=O) groups is 1. The van der Waals surface area contributed by atoms with Crippen LogP contribution >= 0.6 is 11.3 Å². The van der Waals surface area contributed by atoms with E-state index in [-0.39, 0.29) is 6.03 Å². The number of amides is 2. The van der Waals surface area contributed by atoms with E-state index in [1.165, 1.54) is 0 Å². The van der Waals surface area contributed by atoms with Crippen molar-refractivity contribution in [2.75, 3.05) is 68.9 Å². The monoisotopic (exact) mass is 622 g/mol. The maximum absolute atomic E-state index is 12.3. The van der Waals surface area contributed by atoms with Crippen molar-refractivity contribution in [2.24, 2.45) is 0 Å². The molecule has 3 aromatic carbocycles. The van der Waals surface area contributed by atoms with Crippen LogP contribution in [0.2, 0.25) is 0 Å². The van der Waals surface area contributed by atoms with Gasteiger partial charge in [0.2, 0.25) is 0 Å². The van der Waals surface area contributed by atoms with Crippen LogP contribution in [-0.4, -0.2) is 83.7 Å². The summed E-state index contributed by atoms with van der Waals surface area (Å²) in [6.45, 7) is 7.03. The number of carbonyl (C=O) groups excluding carboxylic acids is 1. The third-order valence-corrected chi connectivity index (χ3v) is 8.74. The molecule has 0 atom stereocenters. The van der Waals surface area contributed by atoms with E-state index in [9.17, 15) is 4.79 Å². The van der Waals surface area contributed by atoms with Crippen LogP contribution in [0.4, 0.5) is 22.0 Å². The van der Waals surface area contributed by atoms with Crippen molar-refractivity contribution in [3.8, 4) is 16.3 Å². The van der Waals surface area contributed by atoms with Crippen LogP contribution in [0.1, 0.15) is 12.0 Å². The topological polar surface area (TPSA) is 108 Å². The van der Waals surface area contributed by atoms with E-state index >= 15 is 0 Å². The second-order valence-corrected chi connectivity index (χ2v) is 12.1. The number of aromatic nitrogens is 3. The van der Waals surface area contributed by atoms with Crippen LogP contribution in [0.3, 0.4) is 0 Å². The summed E-state index contributed by atoms with van der Waals surface area (Å²) in [4.78, 5) is 31.8. The molecular weight excluding hydrogens is 584 g/mol. The van der Waals surface area contributed by atoms with Crippen LogP contribution in [0.5, 0.6) is 5.75 Å². The molecule has 0 radical (unpaired) electrons. The van der Waals surface area contributed by atoms with E-state index < -0.39 is 0 Å². The minimum Gasteiger partial charge on any atom is -0.494 e. The highest BCUT2D eigenvalue weighted by Gasteiger charge is 2.14. The molecule has 0 saturated carbocycles. The number of ether oxygens (including phenoxy) is 1. The zero-order chi connectivity index (χ0) is 30.8. The van der Waals surface area contributed by atoms with Crippen LogP contribution in [0, 0.1) is 0 Å². The number of anilines is 3. The number of benzene rings is 3. The highest BCUT2D eigenvalue weighted by Crippen LogP contribution is 2.32. The van der Waals surface area contributed by atoms with Crippen LogP contribution in [-0.2, 0) is 6.42 Å². The number of nitrogens with one attached hydrogen (secondary N) is 3. The molecular formula is C34H38N8O2S. The number of hydrogen-bond acceptors (Lipinski definition) is 9. The van der Waals surface area contributed by atoms with Gasteiger partial charge in [-0.3, -0.25) is 0 Å². The number of rotatable bonds is 12. The minimum atomic E-state index is -0.275. The quantitative estimate of drug-likeness (QED) is 0.144. The van der Waals surface area contributed by atoms with Gasteiger partial charge in [0, 0.05) is 56.2 Å². The number of fused-ring (bicyclic) bond motifs is 1. The van der Waals surface area contributed by atoms with Gasteiger partial charge in [0.15, 0.2) is 5.82 Å². The Bertz CT molecular complexity index is 1670. The van der Waals surface area contributed by atoms with Gasteiger partial charge in [0.1, 0.15) is 27.4 Å². The number of likely N-dealkylation sites (N-methyl/N-ethyl adjacent to an activating group) is 1. The highest BCUT2D eigenvalue weighted by molar-refractivity contribution is 7.21. The fourth-order valence-electron chi connectivity index (χ4n) is 5.15. The fraction of sp³-hybridized carbons (Fsp3) is 0.294. The first-order valence-electron chi connectivity index (χ1n) is 15.3. The van der Waals surface area contributed by atoms with Gasteiger partial charge < -0.3 is 30.5 Å². The van der Waals surface area contributed by atoms with Crippen molar-refractivity contribution in [1.82, 2.24) is 24.8 Å². The number of thiazole rings is 1. The van der Waals surface area contributed by atoms with Gasteiger partial charge in [-0.15, -0.1) is 0 Å². The lowest BCUT2D eigenvalue weighted by molar-refractivity contribution is 0.145. The third-order valence-electron chi connectivity index (χ3n) is 7.73. The van der Waals surface area contributed by atoms with Crippen molar-refractivity contribution in [3.05, 3.63) is 90.8 Å². The fourth-order valence-corrected chi connectivity index (χ4v) is 6.06. The molecule has 0 aliphatic carbocycles. The third kappa shape index (κ3) is 8.53. The predicted molar refractivity (Wildman–Crippen MR) is 182 cm³/mol. The first-order valence-corrected chi connectivity index (χ1v) is 16.1. The molecule has 1 aliphatic rings. The molecule has 10 nitrogen and oxygen atoms in total. The molecule has 1 aliphatic heterocycles. The molecule has 45 heavy (non-hydrogen) atoms. The maximum atomic E-state index is 12.3. The summed E-state index contributed by atoms with van der Waals surface area (Å²) in [6.07, 6.45) is 3.39. The normalized spacial score (nSPS) is 13.9. The Morgan fingerprint density at radius 3 is 2.38 bits per heavy atom. The molecule has 2 aromatic heterocycles. The predicted octanol–water partition coefficient (Wildman–Crippen LogP) is 6.07. The Labute approximate surface area is 267 Å². The van der Waals surface area contributed by atoms with Crippen molar-refractivity contribution >= 4 is 44.9 Å². The SMILES string of the molecule is CN1CCN(CCCOc2ccc(-c3nc4c(NCCc5ccc(NC(=O)Nc6ccccc6)cc5)ncnc4s3)cc2)CC1. The second-order valence-electron chi connectivity index (χ2n) is 11.1. The largest absolute Gasteiger partial charge is 0.494 e.